The van der Waals surface area contributed by atoms with Crippen molar-refractivity contribution < 1.29 is 22.3 Å². The smallest absolute Gasteiger partial charge is 0.204 e. The van der Waals surface area contributed by atoms with Crippen LogP contribution in [0.3, 0.4) is 0 Å². The van der Waals surface area contributed by atoms with Crippen LogP contribution < -0.4 is 9.47 Å². The van der Waals surface area contributed by atoms with E-state index in [4.69, 9.17) is 13.9 Å². The summed E-state index contributed by atoms with van der Waals surface area (Å²) in [6, 6.07) is 8.69. The molecule has 1 atom stereocenters. The number of hydrogen-bond acceptors (Lipinski definition) is 9. The molecule has 178 valence electrons. The van der Waals surface area contributed by atoms with E-state index in [9.17, 15) is 8.42 Å². The van der Waals surface area contributed by atoms with Crippen molar-refractivity contribution in [1.82, 2.24) is 24.7 Å². The molecule has 12 heteroatoms. The van der Waals surface area contributed by atoms with Crippen molar-refractivity contribution in [2.45, 2.75) is 24.3 Å². The summed E-state index contributed by atoms with van der Waals surface area (Å²) in [5.74, 6) is 1.91. The van der Waals surface area contributed by atoms with Crippen LogP contribution in [0.5, 0.6) is 11.5 Å². The van der Waals surface area contributed by atoms with Crippen LogP contribution in [-0.4, -0.2) is 52.6 Å². The fourth-order valence-electron chi connectivity index (χ4n) is 3.41. The third-order valence-electron chi connectivity index (χ3n) is 5.18. The maximum atomic E-state index is 13.3. The number of furan rings is 1. The van der Waals surface area contributed by atoms with Gasteiger partial charge in [-0.15, -0.1) is 10.2 Å². The lowest BCUT2D eigenvalue weighted by Gasteiger charge is -2.17. The van der Waals surface area contributed by atoms with Crippen LogP contribution in [0.2, 0.25) is 0 Å². The number of ether oxygens (including phenoxy) is 2. The lowest BCUT2D eigenvalue weighted by molar-refractivity contribution is 0.390. The Morgan fingerprint density at radius 3 is 2.32 bits per heavy atom. The van der Waals surface area contributed by atoms with Gasteiger partial charge in [-0.3, -0.25) is 4.57 Å². The molecule has 0 aliphatic carbocycles. The molecule has 0 bridgehead atoms. The van der Waals surface area contributed by atoms with E-state index in [0.29, 0.717) is 34.6 Å². The Labute approximate surface area is 205 Å². The molecule has 0 N–H and O–H groups in total. The minimum absolute atomic E-state index is 0.159. The molecule has 0 aliphatic heterocycles. The van der Waals surface area contributed by atoms with Crippen molar-refractivity contribution in [3.8, 4) is 28.8 Å². The number of sulfone groups is 1. The molecule has 10 nitrogen and oxygen atoms in total. The predicted molar refractivity (Wildman–Crippen MR) is 128 cm³/mol. The fraction of sp³-hybridized carbons (Fsp3) is 0.273. The highest BCUT2D eigenvalue weighted by Gasteiger charge is 2.29. The van der Waals surface area contributed by atoms with Crippen molar-refractivity contribution in [2.75, 3.05) is 14.2 Å². The number of aromatic nitrogens is 5. The van der Waals surface area contributed by atoms with Gasteiger partial charge in [0.05, 0.1) is 30.2 Å². The second-order valence-electron chi connectivity index (χ2n) is 7.40. The number of hydrogen-bond donors (Lipinski definition) is 0. The minimum atomic E-state index is -3.67. The van der Waals surface area contributed by atoms with Gasteiger partial charge in [0.25, 0.3) is 0 Å². The first-order valence-electron chi connectivity index (χ1n) is 10.2. The molecule has 0 amide bonds. The topological polar surface area (TPSA) is 122 Å². The van der Waals surface area contributed by atoms with E-state index in [1.165, 1.54) is 20.5 Å². The Morgan fingerprint density at radius 1 is 1.06 bits per heavy atom. The first-order valence-corrected chi connectivity index (χ1v) is 12.7. The number of nitrogens with zero attached hydrogens (tertiary/aromatic N) is 5. The van der Waals surface area contributed by atoms with Gasteiger partial charge in [-0.05, 0) is 47.1 Å². The van der Waals surface area contributed by atoms with Gasteiger partial charge in [0, 0.05) is 18.8 Å². The Kier molecular flexibility index (Phi) is 6.98. The molecule has 0 unspecified atom stereocenters. The summed E-state index contributed by atoms with van der Waals surface area (Å²) in [5, 5.41) is 7.69. The molecule has 0 saturated carbocycles. The first-order chi connectivity index (χ1) is 16.3. The molecule has 3 aromatic heterocycles. The molecule has 0 fully saturated rings. The zero-order chi connectivity index (χ0) is 24.3. The van der Waals surface area contributed by atoms with E-state index in [0.717, 1.165) is 4.47 Å². The van der Waals surface area contributed by atoms with Gasteiger partial charge in [-0.25, -0.2) is 18.4 Å². The van der Waals surface area contributed by atoms with Crippen molar-refractivity contribution in [3.63, 3.8) is 0 Å². The van der Waals surface area contributed by atoms with Crippen LogP contribution in [-0.2, 0) is 22.0 Å². The van der Waals surface area contributed by atoms with Crippen LogP contribution in [0, 0.1) is 0 Å². The van der Waals surface area contributed by atoms with Gasteiger partial charge >= 0.3 is 0 Å². The molecule has 4 rings (SSSR count). The zero-order valence-corrected chi connectivity index (χ0v) is 21.1. The summed E-state index contributed by atoms with van der Waals surface area (Å²) in [4.78, 5) is 8.37. The van der Waals surface area contributed by atoms with E-state index in [1.54, 1.807) is 54.2 Å². The number of benzene rings is 1. The quantitative estimate of drug-likeness (QED) is 0.309. The van der Waals surface area contributed by atoms with Crippen LogP contribution in [0.4, 0.5) is 0 Å². The van der Waals surface area contributed by atoms with Crippen molar-refractivity contribution in [1.29, 1.82) is 0 Å². The summed E-state index contributed by atoms with van der Waals surface area (Å²) in [6.07, 6.45) is 4.83. The predicted octanol–water partition coefficient (Wildman–Crippen LogP) is 3.64. The van der Waals surface area contributed by atoms with E-state index < -0.39 is 15.1 Å². The SMILES string of the molecule is COc1cccc(OC)c1-n1c(CS(=O)(=O)[C@H](C)Cc2ncc(Br)cn2)nnc1-c1ccco1. The third kappa shape index (κ3) is 4.82. The van der Waals surface area contributed by atoms with Crippen molar-refractivity contribution in [3.05, 3.63) is 65.1 Å². The number of methoxy groups -OCH3 is 2. The van der Waals surface area contributed by atoms with Gasteiger partial charge in [-0.2, -0.15) is 0 Å². The zero-order valence-electron chi connectivity index (χ0n) is 18.7. The van der Waals surface area contributed by atoms with Gasteiger partial charge in [0.15, 0.2) is 21.4 Å². The van der Waals surface area contributed by atoms with E-state index in [2.05, 4.69) is 36.1 Å². The minimum Gasteiger partial charge on any atom is -0.494 e. The highest BCUT2D eigenvalue weighted by molar-refractivity contribution is 9.10. The maximum absolute atomic E-state index is 13.3. The second kappa shape index (κ2) is 9.94. The summed E-state index contributed by atoms with van der Waals surface area (Å²) in [5.41, 5.74) is 0.470. The molecule has 0 radical (unpaired) electrons. The Hall–Kier alpha value is -3.25. The molecule has 0 saturated heterocycles. The van der Waals surface area contributed by atoms with E-state index in [-0.39, 0.29) is 18.0 Å². The van der Waals surface area contributed by atoms with Crippen LogP contribution in [0.15, 0.2) is 57.9 Å². The summed E-state index contributed by atoms with van der Waals surface area (Å²) >= 11 is 3.28. The van der Waals surface area contributed by atoms with Crippen LogP contribution in [0.1, 0.15) is 18.6 Å². The van der Waals surface area contributed by atoms with Gasteiger partial charge in [0.2, 0.25) is 5.82 Å². The van der Waals surface area contributed by atoms with Crippen LogP contribution in [0.25, 0.3) is 17.3 Å². The number of halogens is 1. The highest BCUT2D eigenvalue weighted by Crippen LogP contribution is 2.36. The highest BCUT2D eigenvalue weighted by atomic mass is 79.9. The lowest BCUT2D eigenvalue weighted by Crippen LogP contribution is -2.24. The van der Waals surface area contributed by atoms with E-state index in [1.807, 2.05) is 0 Å². The van der Waals surface area contributed by atoms with Crippen molar-refractivity contribution in [2.24, 2.45) is 0 Å². The number of rotatable bonds is 9. The van der Waals surface area contributed by atoms with Crippen molar-refractivity contribution >= 4 is 25.8 Å². The maximum Gasteiger partial charge on any atom is 0.204 e. The molecular weight excluding hydrogens is 526 g/mol. The van der Waals surface area contributed by atoms with Crippen LogP contribution >= 0.6 is 15.9 Å². The molecule has 3 heterocycles. The van der Waals surface area contributed by atoms with Gasteiger partial charge < -0.3 is 13.9 Å². The molecule has 0 spiro atoms. The third-order valence-corrected chi connectivity index (χ3v) is 7.65. The lowest BCUT2D eigenvalue weighted by atomic mass is 10.2. The average molecular weight is 548 g/mol. The second-order valence-corrected chi connectivity index (χ2v) is 10.7. The first kappa shape index (κ1) is 23.9. The molecule has 34 heavy (non-hydrogen) atoms. The monoisotopic (exact) mass is 547 g/mol. The number of para-hydroxylation sites is 1. The molecule has 4 aromatic rings. The Morgan fingerprint density at radius 2 is 1.74 bits per heavy atom. The molecular formula is C22H22BrN5O5S. The summed E-state index contributed by atoms with van der Waals surface area (Å²) < 4.78 is 45.6. The average Bonchev–Trinajstić information content (AvgIpc) is 3.49. The summed E-state index contributed by atoms with van der Waals surface area (Å²) in [7, 11) is -0.635. The van der Waals surface area contributed by atoms with E-state index >= 15 is 0 Å². The van der Waals surface area contributed by atoms with Gasteiger partial charge in [0.1, 0.15) is 28.8 Å². The summed E-state index contributed by atoms with van der Waals surface area (Å²) in [6.45, 7) is 1.62. The fourth-order valence-corrected chi connectivity index (χ4v) is 4.85. The molecule has 0 aliphatic rings. The van der Waals surface area contributed by atoms with Gasteiger partial charge in [-0.1, -0.05) is 6.07 Å². The molecule has 1 aromatic carbocycles. The largest absolute Gasteiger partial charge is 0.494 e. The standard InChI is InChI=1S/C22H22BrN5O5S/c1-14(10-19-24-11-15(23)12-25-19)34(29,30)13-20-26-27-22(18-8-5-9-33-18)28(20)21-16(31-2)6-4-7-17(21)32-3/h4-9,11-12,14H,10,13H2,1-3H3/t14-/m1/s1. The Bertz CT molecular complexity index is 1350. The Balaban J connectivity index is 1.77. The normalized spacial score (nSPS) is 12.5.